The van der Waals surface area contributed by atoms with E-state index >= 15 is 0 Å². The van der Waals surface area contributed by atoms with Gasteiger partial charge in [0.1, 0.15) is 0 Å². The smallest absolute Gasteiger partial charge is 0.306 e. The lowest BCUT2D eigenvalue weighted by Gasteiger charge is -2.35. The zero-order chi connectivity index (χ0) is 18.9. The first kappa shape index (κ1) is 19.5. The number of anilines is 1. The van der Waals surface area contributed by atoms with E-state index in [1.54, 1.807) is 12.1 Å². The molecule has 2 fully saturated rings. The SMILES string of the molecule is CCN1CCN(c2ccc(S(=O)(=O)[C@@H]3CC[C@@H](C(=O)O)C3)c(Cl)c2)CC1. The van der Waals surface area contributed by atoms with Crippen LogP contribution in [0.25, 0.3) is 0 Å². The number of halogens is 1. The van der Waals surface area contributed by atoms with Crippen LogP contribution in [0, 0.1) is 5.92 Å². The van der Waals surface area contributed by atoms with E-state index in [9.17, 15) is 13.2 Å². The van der Waals surface area contributed by atoms with E-state index in [-0.39, 0.29) is 16.3 Å². The van der Waals surface area contributed by atoms with E-state index in [1.165, 1.54) is 0 Å². The number of likely N-dealkylation sites (N-methyl/N-ethyl adjacent to an activating group) is 1. The number of rotatable bonds is 5. The number of hydrogen-bond donors (Lipinski definition) is 1. The largest absolute Gasteiger partial charge is 0.481 e. The van der Waals surface area contributed by atoms with Crippen LogP contribution in [0.5, 0.6) is 0 Å². The summed E-state index contributed by atoms with van der Waals surface area (Å²) in [4.78, 5) is 15.8. The molecule has 1 heterocycles. The molecule has 1 aliphatic heterocycles. The summed E-state index contributed by atoms with van der Waals surface area (Å²) in [5, 5.41) is 8.66. The highest BCUT2D eigenvalue weighted by atomic mass is 35.5. The van der Waals surface area contributed by atoms with Crippen molar-refractivity contribution < 1.29 is 18.3 Å². The number of benzene rings is 1. The minimum absolute atomic E-state index is 0.117. The fourth-order valence-corrected chi connectivity index (χ4v) is 6.24. The number of piperazine rings is 1. The van der Waals surface area contributed by atoms with Crippen molar-refractivity contribution in [3.05, 3.63) is 23.2 Å². The topological polar surface area (TPSA) is 77.9 Å². The summed E-state index contributed by atoms with van der Waals surface area (Å²) in [7, 11) is -3.62. The Morgan fingerprint density at radius 1 is 1.23 bits per heavy atom. The van der Waals surface area contributed by atoms with E-state index in [1.807, 2.05) is 6.07 Å². The van der Waals surface area contributed by atoms with Gasteiger partial charge < -0.3 is 14.9 Å². The molecule has 6 nitrogen and oxygen atoms in total. The Hall–Kier alpha value is -1.31. The van der Waals surface area contributed by atoms with Gasteiger partial charge in [-0.3, -0.25) is 4.79 Å². The molecule has 1 aromatic carbocycles. The molecule has 1 saturated heterocycles. The third-order valence-corrected chi connectivity index (χ3v) is 8.28. The molecule has 1 N–H and O–H groups in total. The Kier molecular flexibility index (Phi) is 5.79. The number of carboxylic acids is 1. The Labute approximate surface area is 159 Å². The van der Waals surface area contributed by atoms with E-state index in [2.05, 4.69) is 16.7 Å². The minimum atomic E-state index is -3.62. The van der Waals surface area contributed by atoms with Gasteiger partial charge in [0.15, 0.2) is 9.84 Å². The second kappa shape index (κ2) is 7.74. The summed E-state index contributed by atoms with van der Waals surface area (Å²) >= 11 is 6.33. The van der Waals surface area contributed by atoms with Gasteiger partial charge in [-0.05, 0) is 44.0 Å². The quantitative estimate of drug-likeness (QED) is 0.818. The summed E-state index contributed by atoms with van der Waals surface area (Å²) in [5.41, 5.74) is 0.930. The average Bonchev–Trinajstić information content (AvgIpc) is 3.13. The van der Waals surface area contributed by atoms with E-state index in [4.69, 9.17) is 16.7 Å². The predicted molar refractivity (Wildman–Crippen MR) is 102 cm³/mol. The van der Waals surface area contributed by atoms with Crippen molar-refractivity contribution in [2.24, 2.45) is 5.92 Å². The molecule has 26 heavy (non-hydrogen) atoms. The third kappa shape index (κ3) is 3.85. The monoisotopic (exact) mass is 400 g/mol. The molecule has 1 aliphatic carbocycles. The van der Waals surface area contributed by atoms with Gasteiger partial charge in [0.2, 0.25) is 0 Å². The van der Waals surface area contributed by atoms with Crippen LogP contribution >= 0.6 is 11.6 Å². The Balaban J connectivity index is 1.76. The van der Waals surface area contributed by atoms with Crippen molar-refractivity contribution in [2.75, 3.05) is 37.6 Å². The summed E-state index contributed by atoms with van der Waals surface area (Å²) in [6.07, 6.45) is 0.932. The van der Waals surface area contributed by atoms with Crippen LogP contribution in [0.4, 0.5) is 5.69 Å². The number of aliphatic carboxylic acids is 1. The van der Waals surface area contributed by atoms with E-state index in [0.29, 0.717) is 12.8 Å². The maximum atomic E-state index is 12.9. The van der Waals surface area contributed by atoms with Crippen LogP contribution in [0.15, 0.2) is 23.1 Å². The van der Waals surface area contributed by atoms with Crippen LogP contribution in [0.2, 0.25) is 5.02 Å². The lowest BCUT2D eigenvalue weighted by atomic mass is 10.1. The highest BCUT2D eigenvalue weighted by Crippen LogP contribution is 2.37. The van der Waals surface area contributed by atoms with Gasteiger partial charge in [0.05, 0.1) is 21.1 Å². The Bertz CT molecular complexity index is 775. The zero-order valence-corrected chi connectivity index (χ0v) is 16.5. The first-order chi connectivity index (χ1) is 12.3. The van der Waals surface area contributed by atoms with E-state index in [0.717, 1.165) is 38.4 Å². The number of sulfone groups is 1. The second-order valence-corrected chi connectivity index (χ2v) is 9.65. The molecular formula is C18H25ClN2O4S. The number of carbonyl (C=O) groups is 1. The standard InChI is InChI=1S/C18H25ClN2O4S/c1-2-20-7-9-21(10-8-20)14-4-6-17(16(19)12-14)26(24,25)15-5-3-13(11-15)18(22)23/h4,6,12-13,15H,2-3,5,7-11H2,1H3,(H,22,23)/t13-,15-/m1/s1. The highest BCUT2D eigenvalue weighted by Gasteiger charge is 2.39. The van der Waals surface area contributed by atoms with Crippen molar-refractivity contribution in [1.82, 2.24) is 4.90 Å². The van der Waals surface area contributed by atoms with Crippen LogP contribution in [-0.2, 0) is 14.6 Å². The predicted octanol–water partition coefficient (Wildman–Crippen LogP) is 2.51. The molecule has 2 aliphatic rings. The minimum Gasteiger partial charge on any atom is -0.481 e. The molecule has 0 amide bonds. The molecule has 0 aromatic heterocycles. The van der Waals surface area contributed by atoms with Gasteiger partial charge in [-0.15, -0.1) is 0 Å². The summed E-state index contributed by atoms with van der Waals surface area (Å²) in [6.45, 7) is 6.91. The molecule has 0 spiro atoms. The van der Waals surface area contributed by atoms with Gasteiger partial charge in [0.25, 0.3) is 0 Å². The molecule has 0 radical (unpaired) electrons. The number of carboxylic acid groups (broad SMARTS) is 1. The molecule has 8 heteroatoms. The molecule has 144 valence electrons. The molecule has 3 rings (SSSR count). The van der Waals surface area contributed by atoms with Crippen molar-refractivity contribution in [3.8, 4) is 0 Å². The summed E-state index contributed by atoms with van der Waals surface area (Å²) in [6, 6.07) is 5.11. The first-order valence-electron chi connectivity index (χ1n) is 9.06. The van der Waals surface area contributed by atoms with Crippen molar-refractivity contribution in [3.63, 3.8) is 0 Å². The number of nitrogens with zero attached hydrogens (tertiary/aromatic N) is 2. The molecule has 0 bridgehead atoms. The van der Waals surface area contributed by atoms with E-state index < -0.39 is 27.0 Å². The van der Waals surface area contributed by atoms with Crippen LogP contribution in [0.3, 0.4) is 0 Å². The fraction of sp³-hybridized carbons (Fsp3) is 0.611. The maximum Gasteiger partial charge on any atom is 0.306 e. The molecule has 1 saturated carbocycles. The second-order valence-electron chi connectivity index (χ2n) is 7.05. The molecule has 2 atom stereocenters. The maximum absolute atomic E-state index is 12.9. The third-order valence-electron chi connectivity index (χ3n) is 5.58. The van der Waals surface area contributed by atoms with Gasteiger partial charge in [-0.1, -0.05) is 18.5 Å². The Morgan fingerprint density at radius 2 is 1.92 bits per heavy atom. The number of hydrogen-bond acceptors (Lipinski definition) is 5. The summed E-state index contributed by atoms with van der Waals surface area (Å²) < 4.78 is 25.8. The average molecular weight is 401 g/mol. The van der Waals surface area contributed by atoms with Crippen LogP contribution in [0.1, 0.15) is 26.2 Å². The fourth-order valence-electron chi connectivity index (χ4n) is 3.87. The zero-order valence-electron chi connectivity index (χ0n) is 14.9. The lowest BCUT2D eigenvalue weighted by molar-refractivity contribution is -0.141. The van der Waals surface area contributed by atoms with Crippen molar-refractivity contribution >= 4 is 33.1 Å². The van der Waals surface area contributed by atoms with Gasteiger partial charge in [0, 0.05) is 31.9 Å². The van der Waals surface area contributed by atoms with Crippen molar-refractivity contribution in [1.29, 1.82) is 0 Å². The van der Waals surface area contributed by atoms with Gasteiger partial charge in [-0.2, -0.15) is 0 Å². The Morgan fingerprint density at radius 3 is 2.46 bits per heavy atom. The molecule has 0 unspecified atom stereocenters. The normalized spacial score (nSPS) is 24.8. The molecular weight excluding hydrogens is 376 g/mol. The van der Waals surface area contributed by atoms with Crippen molar-refractivity contribution in [2.45, 2.75) is 36.3 Å². The van der Waals surface area contributed by atoms with Crippen LogP contribution in [-0.4, -0.2) is 62.4 Å². The summed E-state index contributed by atoms with van der Waals surface area (Å²) in [5.74, 6) is -1.50. The van der Waals surface area contributed by atoms with Gasteiger partial charge in [-0.25, -0.2) is 8.42 Å². The molecule has 1 aromatic rings. The highest BCUT2D eigenvalue weighted by molar-refractivity contribution is 7.92. The van der Waals surface area contributed by atoms with Crippen LogP contribution < -0.4 is 4.90 Å². The van der Waals surface area contributed by atoms with Gasteiger partial charge >= 0.3 is 5.97 Å². The lowest BCUT2D eigenvalue weighted by Crippen LogP contribution is -2.46. The first-order valence-corrected chi connectivity index (χ1v) is 11.0.